The van der Waals surface area contributed by atoms with Gasteiger partial charge in [0.15, 0.2) is 0 Å². The molecular formula is C26H28N2O2. The summed E-state index contributed by atoms with van der Waals surface area (Å²) in [6.07, 6.45) is 2.82. The lowest BCUT2D eigenvalue weighted by Crippen LogP contribution is -2.36. The number of likely N-dealkylation sites (N-methyl/N-ethyl adjacent to an activating group) is 1. The average Bonchev–Trinajstić information content (AvgIpc) is 2.97. The number of hydrogen-bond acceptors (Lipinski definition) is 3. The summed E-state index contributed by atoms with van der Waals surface area (Å²) in [4.78, 5) is 22.2. The number of benzene rings is 3. The van der Waals surface area contributed by atoms with Gasteiger partial charge in [-0.1, -0.05) is 92.7 Å². The first-order valence-electron chi connectivity index (χ1n) is 10.1. The second-order valence-electron chi connectivity index (χ2n) is 6.28. The largest absolute Gasteiger partial charge is 0.324 e. The number of nitrogens with one attached hydrogen (secondary N) is 2. The molecule has 3 aromatic carbocycles. The number of fused-ring (bicyclic) bond motifs is 1. The summed E-state index contributed by atoms with van der Waals surface area (Å²) in [7, 11) is 1.79. The molecule has 1 heterocycles. The van der Waals surface area contributed by atoms with Crippen LogP contribution in [0.3, 0.4) is 0 Å². The molecule has 1 aliphatic rings. The van der Waals surface area contributed by atoms with Crippen LogP contribution in [0, 0.1) is 0 Å². The second-order valence-corrected chi connectivity index (χ2v) is 6.28. The highest BCUT2D eigenvalue weighted by atomic mass is 16.2. The molecule has 0 aliphatic carbocycles. The molecule has 1 unspecified atom stereocenters. The van der Waals surface area contributed by atoms with Gasteiger partial charge in [-0.25, -0.2) is 0 Å². The molecule has 0 bridgehead atoms. The van der Waals surface area contributed by atoms with Crippen LogP contribution >= 0.6 is 0 Å². The second kappa shape index (κ2) is 12.1. The molecule has 4 nitrogen and oxygen atoms in total. The zero-order valence-corrected chi connectivity index (χ0v) is 17.6. The first kappa shape index (κ1) is 22.8. The molecule has 0 spiro atoms. The predicted octanol–water partition coefficient (Wildman–Crippen LogP) is 5.18. The normalized spacial score (nSPS) is 14.3. The van der Waals surface area contributed by atoms with Crippen LogP contribution in [0.2, 0.25) is 0 Å². The summed E-state index contributed by atoms with van der Waals surface area (Å²) in [5, 5.41) is 6.01. The van der Waals surface area contributed by atoms with Crippen molar-refractivity contribution in [3.05, 3.63) is 108 Å². The average molecular weight is 401 g/mol. The van der Waals surface area contributed by atoms with Crippen molar-refractivity contribution in [2.24, 2.45) is 0 Å². The van der Waals surface area contributed by atoms with Crippen molar-refractivity contribution in [2.45, 2.75) is 19.9 Å². The van der Waals surface area contributed by atoms with Gasteiger partial charge in [-0.05, 0) is 30.3 Å². The van der Waals surface area contributed by atoms with Gasteiger partial charge in [0.2, 0.25) is 5.91 Å². The van der Waals surface area contributed by atoms with E-state index in [-0.39, 0.29) is 11.9 Å². The van der Waals surface area contributed by atoms with Crippen molar-refractivity contribution in [2.75, 3.05) is 12.4 Å². The molecule has 0 saturated carbocycles. The number of amides is 1. The molecule has 4 rings (SSSR count). The van der Waals surface area contributed by atoms with Gasteiger partial charge in [0, 0.05) is 16.8 Å². The summed E-state index contributed by atoms with van der Waals surface area (Å²) in [6.45, 7) is 4.00. The molecule has 0 aromatic heterocycles. The van der Waals surface area contributed by atoms with E-state index >= 15 is 0 Å². The number of anilines is 1. The zero-order valence-electron chi connectivity index (χ0n) is 17.6. The van der Waals surface area contributed by atoms with Crippen molar-refractivity contribution in [1.82, 2.24) is 5.32 Å². The Labute approximate surface area is 178 Å². The third kappa shape index (κ3) is 6.00. The summed E-state index contributed by atoms with van der Waals surface area (Å²) in [5.41, 5.74) is 4.80. The molecule has 0 fully saturated rings. The maximum Gasteiger partial charge on any atom is 0.245 e. The maximum absolute atomic E-state index is 12.2. The third-order valence-electron chi connectivity index (χ3n) is 4.42. The van der Waals surface area contributed by atoms with E-state index in [0.717, 1.165) is 34.2 Å². The number of para-hydroxylation sites is 1. The van der Waals surface area contributed by atoms with Crippen LogP contribution in [0.1, 0.15) is 35.3 Å². The highest BCUT2D eigenvalue weighted by Crippen LogP contribution is 2.31. The van der Waals surface area contributed by atoms with E-state index in [0.29, 0.717) is 0 Å². The molecule has 1 atom stereocenters. The Balaban J connectivity index is 0.000000269. The topological polar surface area (TPSA) is 58.2 Å². The Morgan fingerprint density at radius 3 is 1.97 bits per heavy atom. The first-order valence-corrected chi connectivity index (χ1v) is 10.1. The molecule has 154 valence electrons. The minimum atomic E-state index is -0.336. The van der Waals surface area contributed by atoms with Crippen LogP contribution in [0.15, 0.2) is 91.0 Å². The lowest BCUT2D eigenvalue weighted by molar-refractivity contribution is -0.116. The molecule has 2 N–H and O–H groups in total. The van der Waals surface area contributed by atoms with Crippen molar-refractivity contribution in [3.8, 4) is 0 Å². The van der Waals surface area contributed by atoms with E-state index in [1.165, 1.54) is 0 Å². The standard InChI is InChI=1S/C17H16N2O.C7H6O.C2H6/c1-18-16-11-14(12-7-3-2-4-8-12)13-9-5-6-10-15(13)19-17(16)20;8-6-7-4-2-1-3-5-7;1-2/h2-11,16,18H,1H3,(H,19,20);1-6H;1-2H3. The smallest absolute Gasteiger partial charge is 0.245 e. The number of rotatable bonds is 3. The van der Waals surface area contributed by atoms with Crippen LogP contribution in [-0.2, 0) is 4.79 Å². The monoisotopic (exact) mass is 400 g/mol. The molecule has 1 amide bonds. The Morgan fingerprint density at radius 1 is 0.833 bits per heavy atom. The van der Waals surface area contributed by atoms with Crippen molar-refractivity contribution >= 4 is 23.5 Å². The van der Waals surface area contributed by atoms with E-state index < -0.39 is 0 Å². The predicted molar refractivity (Wildman–Crippen MR) is 125 cm³/mol. The van der Waals surface area contributed by atoms with Crippen molar-refractivity contribution < 1.29 is 9.59 Å². The summed E-state index contributed by atoms with van der Waals surface area (Å²) >= 11 is 0. The van der Waals surface area contributed by atoms with E-state index in [1.807, 2.05) is 80.6 Å². The van der Waals surface area contributed by atoms with Gasteiger partial charge >= 0.3 is 0 Å². The lowest BCUT2D eigenvalue weighted by atomic mass is 9.96. The SMILES string of the molecule is CC.CNC1C=C(c2ccccc2)c2ccccc2NC1=O.O=Cc1ccccc1. The molecule has 30 heavy (non-hydrogen) atoms. The van der Waals surface area contributed by atoms with Gasteiger partial charge in [-0.2, -0.15) is 0 Å². The lowest BCUT2D eigenvalue weighted by Gasteiger charge is -2.10. The van der Waals surface area contributed by atoms with E-state index in [1.54, 1.807) is 19.2 Å². The minimum Gasteiger partial charge on any atom is -0.324 e. The number of carbonyl (C=O) groups excluding carboxylic acids is 2. The van der Waals surface area contributed by atoms with Gasteiger partial charge in [0.05, 0.1) is 0 Å². The first-order chi connectivity index (χ1) is 14.7. The Morgan fingerprint density at radius 2 is 1.40 bits per heavy atom. The number of aldehydes is 1. The Bertz CT molecular complexity index is 967. The third-order valence-corrected chi connectivity index (χ3v) is 4.42. The number of carbonyl (C=O) groups is 2. The fourth-order valence-electron chi connectivity index (χ4n) is 2.99. The molecule has 4 heteroatoms. The minimum absolute atomic E-state index is 0.0362. The van der Waals surface area contributed by atoms with Crippen LogP contribution in [0.5, 0.6) is 0 Å². The van der Waals surface area contributed by atoms with Crippen molar-refractivity contribution in [1.29, 1.82) is 0 Å². The Hall–Kier alpha value is -3.50. The number of hydrogen-bond donors (Lipinski definition) is 2. The molecule has 3 aromatic rings. The molecule has 0 radical (unpaired) electrons. The summed E-state index contributed by atoms with van der Waals surface area (Å²) in [5.74, 6) is -0.0362. The van der Waals surface area contributed by atoms with E-state index in [4.69, 9.17) is 0 Å². The van der Waals surface area contributed by atoms with Crippen LogP contribution in [-0.4, -0.2) is 25.3 Å². The highest BCUT2D eigenvalue weighted by molar-refractivity contribution is 6.04. The molecule has 1 aliphatic heterocycles. The summed E-state index contributed by atoms with van der Waals surface area (Å²) < 4.78 is 0. The quantitative estimate of drug-likeness (QED) is 0.595. The summed E-state index contributed by atoms with van der Waals surface area (Å²) in [6, 6.07) is 26.8. The van der Waals surface area contributed by atoms with Crippen LogP contribution in [0.4, 0.5) is 5.69 Å². The van der Waals surface area contributed by atoms with E-state index in [9.17, 15) is 9.59 Å². The van der Waals surface area contributed by atoms with E-state index in [2.05, 4.69) is 22.8 Å². The highest BCUT2D eigenvalue weighted by Gasteiger charge is 2.22. The van der Waals surface area contributed by atoms with Gasteiger partial charge in [0.25, 0.3) is 0 Å². The van der Waals surface area contributed by atoms with Crippen LogP contribution < -0.4 is 10.6 Å². The van der Waals surface area contributed by atoms with Crippen LogP contribution in [0.25, 0.3) is 5.57 Å². The fourth-order valence-corrected chi connectivity index (χ4v) is 2.99. The van der Waals surface area contributed by atoms with Gasteiger partial charge in [0.1, 0.15) is 12.3 Å². The maximum atomic E-state index is 12.2. The van der Waals surface area contributed by atoms with Gasteiger partial charge in [-0.15, -0.1) is 0 Å². The molecular weight excluding hydrogens is 372 g/mol. The molecule has 0 saturated heterocycles. The zero-order chi connectivity index (χ0) is 21.8. The van der Waals surface area contributed by atoms with Gasteiger partial charge in [-0.3, -0.25) is 9.59 Å². The van der Waals surface area contributed by atoms with Gasteiger partial charge < -0.3 is 10.6 Å². The fraction of sp³-hybridized carbons (Fsp3) is 0.154. The van der Waals surface area contributed by atoms with Crippen molar-refractivity contribution in [3.63, 3.8) is 0 Å². The Kier molecular flexibility index (Phi) is 9.22.